The molecule has 2 fully saturated rings. The monoisotopic (exact) mass is 248 g/mol. The highest BCUT2D eigenvalue weighted by Gasteiger charge is 2.36. The molecule has 1 aromatic heterocycles. The lowest BCUT2D eigenvalue weighted by atomic mass is 9.94. The van der Waals surface area contributed by atoms with Gasteiger partial charge in [0.25, 0.3) is 0 Å². The second-order valence-corrected chi connectivity index (χ2v) is 4.97. The van der Waals surface area contributed by atoms with Crippen molar-refractivity contribution in [3.8, 4) is 0 Å². The van der Waals surface area contributed by atoms with E-state index in [2.05, 4.69) is 10.3 Å². The smallest absolute Gasteiger partial charge is 0.311 e. The van der Waals surface area contributed by atoms with Crippen LogP contribution in [0.25, 0.3) is 0 Å². The summed E-state index contributed by atoms with van der Waals surface area (Å²) in [6.45, 7) is 2.75. The Morgan fingerprint density at radius 3 is 3.17 bits per heavy atom. The summed E-state index contributed by atoms with van der Waals surface area (Å²) in [5.41, 5.74) is 0.108. The minimum atomic E-state index is -0.349. The zero-order valence-electron chi connectivity index (χ0n) is 10.1. The number of pyridine rings is 1. The number of aromatic nitrogens is 1. The van der Waals surface area contributed by atoms with E-state index < -0.39 is 0 Å². The van der Waals surface area contributed by atoms with Crippen LogP contribution in [0.2, 0.25) is 0 Å². The van der Waals surface area contributed by atoms with E-state index in [1.165, 1.54) is 18.9 Å². The first-order valence-corrected chi connectivity index (χ1v) is 6.33. The van der Waals surface area contributed by atoms with Crippen LogP contribution in [0.1, 0.15) is 12.8 Å². The van der Waals surface area contributed by atoms with E-state index in [1.807, 2.05) is 4.90 Å². The van der Waals surface area contributed by atoms with E-state index in [-0.39, 0.29) is 10.6 Å². The lowest BCUT2D eigenvalue weighted by molar-refractivity contribution is -0.384. The highest BCUT2D eigenvalue weighted by molar-refractivity contribution is 5.58. The van der Waals surface area contributed by atoms with Crippen molar-refractivity contribution in [3.05, 3.63) is 28.4 Å². The van der Waals surface area contributed by atoms with Gasteiger partial charge in [-0.05, 0) is 31.4 Å². The van der Waals surface area contributed by atoms with Gasteiger partial charge in [-0.1, -0.05) is 0 Å². The Kier molecular flexibility index (Phi) is 2.87. The topological polar surface area (TPSA) is 71.3 Å². The van der Waals surface area contributed by atoms with Crippen LogP contribution in [-0.4, -0.2) is 35.6 Å². The number of fused-ring (bicyclic) bond motifs is 1. The lowest BCUT2D eigenvalue weighted by Crippen LogP contribution is -2.40. The molecule has 2 saturated heterocycles. The van der Waals surface area contributed by atoms with Crippen LogP contribution in [0.15, 0.2) is 18.3 Å². The number of nitro groups is 1. The predicted molar refractivity (Wildman–Crippen MR) is 67.6 cm³/mol. The maximum Gasteiger partial charge on any atom is 0.311 e. The molecule has 0 radical (unpaired) electrons. The average Bonchev–Trinajstić information content (AvgIpc) is 2.82. The Morgan fingerprint density at radius 1 is 1.50 bits per heavy atom. The fourth-order valence-electron chi connectivity index (χ4n) is 2.99. The molecule has 0 bridgehead atoms. The van der Waals surface area contributed by atoms with Crippen LogP contribution in [0.4, 0.5) is 11.5 Å². The summed E-state index contributed by atoms with van der Waals surface area (Å²) in [5, 5.41) is 14.5. The highest BCUT2D eigenvalue weighted by Crippen LogP contribution is 2.32. The van der Waals surface area contributed by atoms with Crippen molar-refractivity contribution < 1.29 is 4.92 Å². The highest BCUT2D eigenvalue weighted by atomic mass is 16.6. The molecule has 3 rings (SSSR count). The summed E-state index contributed by atoms with van der Waals surface area (Å²) >= 11 is 0. The summed E-state index contributed by atoms with van der Waals surface area (Å²) in [4.78, 5) is 16.9. The third-order valence-electron chi connectivity index (χ3n) is 3.86. The molecule has 0 spiro atoms. The largest absolute Gasteiger partial charge is 0.349 e. The average molecular weight is 248 g/mol. The minimum Gasteiger partial charge on any atom is -0.349 e. The van der Waals surface area contributed by atoms with Gasteiger partial charge in [0, 0.05) is 31.4 Å². The molecule has 0 amide bonds. The molecule has 18 heavy (non-hydrogen) atoms. The standard InChI is InChI=1S/C12H16N4O2/c17-16(18)11-4-2-6-14-12(11)15-7-9-3-1-5-13-10(9)8-15/h2,4,6,9-10,13H,1,3,5,7-8H2/t9-,10+/m0/s1. The van der Waals surface area contributed by atoms with Gasteiger partial charge < -0.3 is 10.2 Å². The number of rotatable bonds is 2. The van der Waals surface area contributed by atoms with E-state index in [9.17, 15) is 10.1 Å². The van der Waals surface area contributed by atoms with E-state index in [0.29, 0.717) is 17.8 Å². The molecule has 0 saturated carbocycles. The van der Waals surface area contributed by atoms with Crippen LogP contribution in [0.5, 0.6) is 0 Å². The number of hydrogen-bond acceptors (Lipinski definition) is 5. The van der Waals surface area contributed by atoms with Crippen LogP contribution in [-0.2, 0) is 0 Å². The summed E-state index contributed by atoms with van der Waals surface area (Å²) in [7, 11) is 0. The zero-order chi connectivity index (χ0) is 12.5. The number of anilines is 1. The zero-order valence-corrected chi connectivity index (χ0v) is 10.1. The second kappa shape index (κ2) is 4.53. The summed E-state index contributed by atoms with van der Waals surface area (Å²) in [6, 6.07) is 3.60. The summed E-state index contributed by atoms with van der Waals surface area (Å²) in [6.07, 6.45) is 4.02. The summed E-state index contributed by atoms with van der Waals surface area (Å²) in [5.74, 6) is 1.11. The SMILES string of the molecule is O=[N+]([O-])c1cccnc1N1C[C@@H]2CCCN[C@@H]2C1. The Balaban J connectivity index is 1.85. The third kappa shape index (κ3) is 1.92. The van der Waals surface area contributed by atoms with E-state index in [0.717, 1.165) is 19.6 Å². The molecule has 6 heteroatoms. The van der Waals surface area contributed by atoms with Crippen molar-refractivity contribution in [1.82, 2.24) is 10.3 Å². The van der Waals surface area contributed by atoms with Crippen molar-refractivity contribution in [3.63, 3.8) is 0 Å². The van der Waals surface area contributed by atoms with E-state index in [4.69, 9.17) is 0 Å². The van der Waals surface area contributed by atoms with Crippen LogP contribution >= 0.6 is 0 Å². The molecule has 0 aliphatic carbocycles. The molecule has 96 valence electrons. The Labute approximate surface area is 105 Å². The fourth-order valence-corrected chi connectivity index (χ4v) is 2.99. The van der Waals surface area contributed by atoms with Gasteiger partial charge in [0.15, 0.2) is 0 Å². The number of piperidine rings is 1. The van der Waals surface area contributed by atoms with Crippen LogP contribution in [0.3, 0.4) is 0 Å². The van der Waals surface area contributed by atoms with Gasteiger partial charge in [0.05, 0.1) is 4.92 Å². The fraction of sp³-hybridized carbons (Fsp3) is 0.583. The maximum atomic E-state index is 11.0. The van der Waals surface area contributed by atoms with Crippen LogP contribution in [0, 0.1) is 16.0 Å². The first-order chi connectivity index (χ1) is 8.75. The molecule has 0 aromatic carbocycles. The molecule has 3 heterocycles. The first-order valence-electron chi connectivity index (χ1n) is 6.33. The van der Waals surface area contributed by atoms with Crippen molar-refractivity contribution in [2.75, 3.05) is 24.5 Å². The molecule has 2 aliphatic heterocycles. The maximum absolute atomic E-state index is 11.0. The van der Waals surface area contributed by atoms with E-state index in [1.54, 1.807) is 12.3 Å². The molecule has 6 nitrogen and oxygen atoms in total. The van der Waals surface area contributed by atoms with Crippen LogP contribution < -0.4 is 10.2 Å². The van der Waals surface area contributed by atoms with Gasteiger partial charge in [-0.15, -0.1) is 0 Å². The third-order valence-corrected chi connectivity index (χ3v) is 3.86. The quantitative estimate of drug-likeness (QED) is 0.628. The Morgan fingerprint density at radius 2 is 2.39 bits per heavy atom. The van der Waals surface area contributed by atoms with Crippen molar-refractivity contribution in [1.29, 1.82) is 0 Å². The van der Waals surface area contributed by atoms with Gasteiger partial charge in [-0.25, -0.2) is 4.98 Å². The normalized spacial score (nSPS) is 27.0. The van der Waals surface area contributed by atoms with Crippen molar-refractivity contribution >= 4 is 11.5 Å². The van der Waals surface area contributed by atoms with Gasteiger partial charge >= 0.3 is 5.69 Å². The molecule has 2 atom stereocenters. The van der Waals surface area contributed by atoms with Crippen molar-refractivity contribution in [2.45, 2.75) is 18.9 Å². The molecule has 2 aliphatic rings. The first kappa shape index (κ1) is 11.4. The van der Waals surface area contributed by atoms with Gasteiger partial charge in [0.1, 0.15) is 0 Å². The number of hydrogen-bond donors (Lipinski definition) is 1. The predicted octanol–water partition coefficient (Wildman–Crippen LogP) is 1.18. The van der Waals surface area contributed by atoms with Gasteiger partial charge in [0.2, 0.25) is 5.82 Å². The molecular formula is C12H16N4O2. The lowest BCUT2D eigenvalue weighted by Gasteiger charge is -2.24. The van der Waals surface area contributed by atoms with Gasteiger partial charge in [-0.3, -0.25) is 10.1 Å². The molecule has 0 unspecified atom stereocenters. The summed E-state index contributed by atoms with van der Waals surface area (Å²) < 4.78 is 0. The molecule has 1 N–H and O–H groups in total. The Hall–Kier alpha value is -1.69. The molecular weight excluding hydrogens is 232 g/mol. The molecule has 1 aromatic rings. The van der Waals surface area contributed by atoms with E-state index >= 15 is 0 Å². The number of nitrogens with zero attached hydrogens (tertiary/aromatic N) is 3. The minimum absolute atomic E-state index is 0.108. The van der Waals surface area contributed by atoms with Gasteiger partial charge in [-0.2, -0.15) is 0 Å². The Bertz CT molecular complexity index is 451. The van der Waals surface area contributed by atoms with Crippen molar-refractivity contribution in [2.24, 2.45) is 5.92 Å². The number of nitrogens with one attached hydrogen (secondary N) is 1. The second-order valence-electron chi connectivity index (χ2n) is 4.97.